The zero-order valence-corrected chi connectivity index (χ0v) is 17.7. The Labute approximate surface area is 183 Å². The van der Waals surface area contributed by atoms with E-state index in [1.54, 1.807) is 39.7 Å². The van der Waals surface area contributed by atoms with Gasteiger partial charge in [0.25, 0.3) is 5.91 Å². The number of imidazole rings is 1. The van der Waals surface area contributed by atoms with Crippen LogP contribution < -0.4 is 24.8 Å². The molecule has 3 heterocycles. The number of fused-ring (bicyclic) bond motifs is 3. The van der Waals surface area contributed by atoms with E-state index >= 15 is 0 Å². The van der Waals surface area contributed by atoms with Crippen LogP contribution in [0.4, 0.5) is 17.3 Å². The molecule has 0 unspecified atom stereocenters. The van der Waals surface area contributed by atoms with Gasteiger partial charge >= 0.3 is 0 Å². The number of amides is 1. The second kappa shape index (κ2) is 7.69. The van der Waals surface area contributed by atoms with Crippen LogP contribution in [0.5, 0.6) is 17.2 Å². The van der Waals surface area contributed by atoms with Crippen molar-refractivity contribution in [3.8, 4) is 17.2 Å². The van der Waals surface area contributed by atoms with E-state index in [0.717, 1.165) is 16.8 Å². The predicted octanol–water partition coefficient (Wildman–Crippen LogP) is 4.15. The summed E-state index contributed by atoms with van der Waals surface area (Å²) in [6.07, 6.45) is 3.54. The molecule has 5 rings (SSSR count). The Morgan fingerprint density at radius 2 is 1.78 bits per heavy atom. The Morgan fingerprint density at radius 3 is 2.56 bits per heavy atom. The smallest absolute Gasteiger partial charge is 0.256 e. The summed E-state index contributed by atoms with van der Waals surface area (Å²) in [4.78, 5) is 23.8. The Morgan fingerprint density at radius 1 is 0.969 bits per heavy atom. The molecule has 1 aliphatic heterocycles. The summed E-state index contributed by atoms with van der Waals surface area (Å²) in [5.41, 5.74) is 4.93. The van der Waals surface area contributed by atoms with Crippen LogP contribution in [0.1, 0.15) is 11.3 Å². The third kappa shape index (κ3) is 3.20. The second-order valence-electron chi connectivity index (χ2n) is 7.14. The van der Waals surface area contributed by atoms with Gasteiger partial charge in [0, 0.05) is 23.5 Å². The van der Waals surface area contributed by atoms with Crippen molar-refractivity contribution < 1.29 is 19.0 Å². The van der Waals surface area contributed by atoms with E-state index in [1.807, 2.05) is 30.3 Å². The largest absolute Gasteiger partial charge is 0.495 e. The van der Waals surface area contributed by atoms with Crippen molar-refractivity contribution in [2.45, 2.75) is 0 Å². The highest BCUT2D eigenvalue weighted by atomic mass is 16.5. The number of benzene rings is 2. The molecule has 9 nitrogen and oxygen atoms in total. The summed E-state index contributed by atoms with van der Waals surface area (Å²) in [7, 11) is 4.77. The van der Waals surface area contributed by atoms with E-state index in [1.165, 1.54) is 0 Å². The highest BCUT2D eigenvalue weighted by Gasteiger charge is 2.28. The fourth-order valence-electron chi connectivity index (χ4n) is 3.81. The summed E-state index contributed by atoms with van der Waals surface area (Å²) < 4.78 is 16.0. The van der Waals surface area contributed by atoms with Crippen molar-refractivity contribution in [2.75, 3.05) is 32.0 Å². The molecule has 2 aromatic heterocycles. The molecule has 0 spiro atoms. The molecule has 0 aliphatic carbocycles. The topological polar surface area (TPSA) is 113 Å². The first-order valence-corrected chi connectivity index (χ1v) is 9.88. The quantitative estimate of drug-likeness (QED) is 0.341. The molecule has 0 radical (unpaired) electrons. The molecule has 9 heteroatoms. The molecule has 32 heavy (non-hydrogen) atoms. The van der Waals surface area contributed by atoms with Crippen LogP contribution in [0.25, 0.3) is 22.7 Å². The maximum Gasteiger partial charge on any atom is 0.256 e. The second-order valence-corrected chi connectivity index (χ2v) is 7.14. The fraction of sp³-hybridized carbons (Fsp3) is 0.130. The molecule has 0 saturated carbocycles. The number of ether oxygens (including phenoxy) is 3. The molecule has 4 N–H and O–H groups in total. The number of hydrogen-bond donors (Lipinski definition) is 4. The number of H-pyrrole nitrogens is 2. The van der Waals surface area contributed by atoms with Gasteiger partial charge in [0.2, 0.25) is 5.95 Å². The molecule has 1 amide bonds. The number of carbonyl (C=O) groups is 1. The Balaban J connectivity index is 1.55. The number of carbonyl (C=O) groups excluding carboxylic acids is 1. The maximum atomic E-state index is 12.7. The van der Waals surface area contributed by atoms with E-state index in [2.05, 4.69) is 20.6 Å². The lowest BCUT2D eigenvalue weighted by Gasteiger charge is -2.09. The zero-order chi connectivity index (χ0) is 22.2. The average Bonchev–Trinajstić information content (AvgIpc) is 3.50. The Hall–Kier alpha value is -4.40. The minimum absolute atomic E-state index is 0.193. The molecule has 1 aliphatic rings. The lowest BCUT2D eigenvalue weighted by molar-refractivity contribution is -0.110. The van der Waals surface area contributed by atoms with Crippen LogP contribution in [0.3, 0.4) is 0 Å². The van der Waals surface area contributed by atoms with Gasteiger partial charge in [-0.1, -0.05) is 0 Å². The van der Waals surface area contributed by atoms with Crippen LogP contribution in [-0.4, -0.2) is 42.2 Å². The number of aromatic nitrogens is 3. The van der Waals surface area contributed by atoms with Gasteiger partial charge in [0.1, 0.15) is 11.3 Å². The summed E-state index contributed by atoms with van der Waals surface area (Å²) in [5.74, 6) is 2.25. The molecular weight excluding hydrogens is 410 g/mol. The normalized spacial score (nSPS) is 13.8. The first-order valence-electron chi connectivity index (χ1n) is 9.88. The SMILES string of the molecule is COc1ccc(Nc2nc3c4c(ccc3[nH]2)NC(=O)/C4=C/c2[nH]ccc2OC)cc1OC. The van der Waals surface area contributed by atoms with Crippen LogP contribution in [-0.2, 0) is 4.79 Å². The predicted molar refractivity (Wildman–Crippen MR) is 123 cm³/mol. The highest BCUT2D eigenvalue weighted by Crippen LogP contribution is 2.39. The number of anilines is 3. The molecule has 0 bridgehead atoms. The number of rotatable bonds is 6. The van der Waals surface area contributed by atoms with E-state index in [4.69, 9.17) is 19.2 Å². The van der Waals surface area contributed by atoms with Gasteiger partial charge < -0.3 is 34.8 Å². The Bertz CT molecular complexity index is 1370. The Kier molecular flexibility index (Phi) is 4.70. The number of hydrogen-bond acceptors (Lipinski definition) is 6. The first kappa shape index (κ1) is 19.6. The number of methoxy groups -OCH3 is 3. The van der Waals surface area contributed by atoms with E-state index in [-0.39, 0.29) is 5.91 Å². The highest BCUT2D eigenvalue weighted by molar-refractivity contribution is 6.37. The lowest BCUT2D eigenvalue weighted by Crippen LogP contribution is -2.03. The third-order valence-electron chi connectivity index (χ3n) is 5.31. The lowest BCUT2D eigenvalue weighted by atomic mass is 10.0. The van der Waals surface area contributed by atoms with Gasteiger partial charge in [0.15, 0.2) is 11.5 Å². The van der Waals surface area contributed by atoms with Gasteiger partial charge in [0.05, 0.1) is 43.8 Å². The summed E-state index contributed by atoms with van der Waals surface area (Å²) in [6.45, 7) is 0. The van der Waals surface area contributed by atoms with Crippen molar-refractivity contribution in [1.82, 2.24) is 15.0 Å². The summed E-state index contributed by atoms with van der Waals surface area (Å²) in [6, 6.07) is 11.1. The van der Waals surface area contributed by atoms with Gasteiger partial charge in [-0.25, -0.2) is 4.98 Å². The van der Waals surface area contributed by atoms with Gasteiger partial charge in [-0.3, -0.25) is 4.79 Å². The maximum absolute atomic E-state index is 12.7. The number of nitrogens with zero attached hydrogens (tertiary/aromatic N) is 1. The van der Waals surface area contributed by atoms with Gasteiger partial charge in [-0.05, 0) is 36.4 Å². The van der Waals surface area contributed by atoms with Crippen molar-refractivity contribution in [2.24, 2.45) is 0 Å². The zero-order valence-electron chi connectivity index (χ0n) is 17.7. The monoisotopic (exact) mass is 431 g/mol. The van der Waals surface area contributed by atoms with Crippen LogP contribution in [0.15, 0.2) is 42.6 Å². The van der Waals surface area contributed by atoms with Crippen molar-refractivity contribution in [3.05, 3.63) is 53.9 Å². The molecule has 0 saturated heterocycles. The minimum atomic E-state index is -0.193. The fourth-order valence-corrected chi connectivity index (χ4v) is 3.81. The van der Waals surface area contributed by atoms with E-state index < -0.39 is 0 Å². The van der Waals surface area contributed by atoms with Crippen molar-refractivity contribution >= 4 is 45.9 Å². The standard InChI is InChI=1S/C23H21N5O4/c1-30-17-8-9-24-16(17)11-13-20-14(26-22(13)29)5-6-15-21(20)28-23(27-15)25-12-4-7-18(31-2)19(10-12)32-3/h4-11,24H,1-3H3,(H,26,29)(H2,25,27,28)/b13-11+. The third-order valence-corrected chi connectivity index (χ3v) is 5.31. The molecule has 0 atom stereocenters. The molecule has 162 valence electrons. The first-order chi connectivity index (χ1) is 15.6. The average molecular weight is 431 g/mol. The molecule has 2 aromatic carbocycles. The summed E-state index contributed by atoms with van der Waals surface area (Å²) in [5, 5.41) is 6.16. The molecular formula is C23H21N5O4. The van der Waals surface area contributed by atoms with Crippen LogP contribution >= 0.6 is 0 Å². The van der Waals surface area contributed by atoms with E-state index in [0.29, 0.717) is 45.7 Å². The van der Waals surface area contributed by atoms with Gasteiger partial charge in [-0.15, -0.1) is 0 Å². The van der Waals surface area contributed by atoms with Crippen LogP contribution in [0.2, 0.25) is 0 Å². The van der Waals surface area contributed by atoms with Gasteiger partial charge in [-0.2, -0.15) is 0 Å². The minimum Gasteiger partial charge on any atom is -0.495 e. The number of aromatic amines is 2. The summed E-state index contributed by atoms with van der Waals surface area (Å²) >= 11 is 0. The van der Waals surface area contributed by atoms with Crippen LogP contribution in [0, 0.1) is 0 Å². The van der Waals surface area contributed by atoms with Crippen molar-refractivity contribution in [1.29, 1.82) is 0 Å². The molecule has 4 aromatic rings. The van der Waals surface area contributed by atoms with Crippen molar-refractivity contribution in [3.63, 3.8) is 0 Å². The van der Waals surface area contributed by atoms with E-state index in [9.17, 15) is 4.79 Å². The number of nitrogens with one attached hydrogen (secondary N) is 4. The molecule has 0 fully saturated rings.